The van der Waals surface area contributed by atoms with Crippen molar-refractivity contribution in [3.8, 4) is 11.5 Å². The number of methoxy groups -OCH3 is 2. The van der Waals surface area contributed by atoms with E-state index in [-0.39, 0.29) is 23.5 Å². The van der Waals surface area contributed by atoms with Crippen LogP contribution in [0.2, 0.25) is 0 Å². The SMILES string of the molecule is COc1ccc(C(=O)C2C(c3ccc(OC)cc3)C(C(=O)N3CCNCC3)N(C(=O)C3CC3)C2c2cccs2)cc1. The summed E-state index contributed by atoms with van der Waals surface area (Å²) in [7, 11) is 3.20. The van der Waals surface area contributed by atoms with E-state index in [9.17, 15) is 14.4 Å². The van der Waals surface area contributed by atoms with Gasteiger partial charge in [-0.3, -0.25) is 14.4 Å². The van der Waals surface area contributed by atoms with Crippen LogP contribution in [-0.2, 0) is 9.59 Å². The second kappa shape index (κ2) is 11.7. The van der Waals surface area contributed by atoms with Gasteiger partial charge in [0.15, 0.2) is 5.78 Å². The van der Waals surface area contributed by atoms with Crippen LogP contribution in [0.3, 0.4) is 0 Å². The van der Waals surface area contributed by atoms with Crippen molar-refractivity contribution < 1.29 is 23.9 Å². The van der Waals surface area contributed by atoms with Gasteiger partial charge in [-0.1, -0.05) is 18.2 Å². The van der Waals surface area contributed by atoms with Crippen LogP contribution >= 0.6 is 11.3 Å². The molecule has 2 amide bonds. The number of benzene rings is 2. The van der Waals surface area contributed by atoms with Crippen LogP contribution in [0.4, 0.5) is 0 Å². The first-order valence-corrected chi connectivity index (χ1v) is 15.1. The second-order valence-electron chi connectivity index (χ2n) is 10.9. The minimum absolute atomic E-state index is 0.0274. The third kappa shape index (κ3) is 5.24. The molecule has 0 spiro atoms. The van der Waals surface area contributed by atoms with Gasteiger partial charge < -0.3 is 24.6 Å². The van der Waals surface area contributed by atoms with Gasteiger partial charge in [0.25, 0.3) is 0 Å². The van der Waals surface area contributed by atoms with Crippen molar-refractivity contribution >= 4 is 28.9 Å². The van der Waals surface area contributed by atoms with Gasteiger partial charge in [0.2, 0.25) is 11.8 Å². The Hall–Kier alpha value is -3.69. The zero-order chi connectivity index (χ0) is 28.5. The Morgan fingerprint density at radius 3 is 2.05 bits per heavy atom. The summed E-state index contributed by atoms with van der Waals surface area (Å²) in [6.07, 6.45) is 1.62. The summed E-state index contributed by atoms with van der Waals surface area (Å²) < 4.78 is 10.8. The van der Waals surface area contributed by atoms with Crippen molar-refractivity contribution in [3.05, 3.63) is 82.0 Å². The van der Waals surface area contributed by atoms with Crippen LogP contribution in [0.25, 0.3) is 0 Å². The molecule has 3 heterocycles. The lowest BCUT2D eigenvalue weighted by Crippen LogP contribution is -2.55. The zero-order valence-corrected chi connectivity index (χ0v) is 24.1. The summed E-state index contributed by atoms with van der Waals surface area (Å²) >= 11 is 1.53. The summed E-state index contributed by atoms with van der Waals surface area (Å²) in [5, 5.41) is 5.29. The van der Waals surface area contributed by atoms with E-state index < -0.39 is 23.9 Å². The minimum Gasteiger partial charge on any atom is -0.497 e. The first kappa shape index (κ1) is 27.5. The number of nitrogens with zero attached hydrogens (tertiary/aromatic N) is 2. The van der Waals surface area contributed by atoms with Gasteiger partial charge in [-0.2, -0.15) is 0 Å². The number of likely N-dealkylation sites (tertiary alicyclic amines) is 1. The molecular formula is C32H35N3O5S. The van der Waals surface area contributed by atoms with Gasteiger partial charge in [-0.15, -0.1) is 11.3 Å². The number of ketones is 1. The standard InChI is InChI=1S/C32H35N3O5S/c1-39-23-11-7-20(8-12-23)26-27(30(36)21-9-13-24(40-2)14-10-21)28(25-4-3-19-41-25)35(31(37)22-5-6-22)29(26)32(38)34-17-15-33-16-18-34/h3-4,7-14,19,22,26-29,33H,5-6,15-18H2,1-2H3. The maximum atomic E-state index is 14.6. The molecule has 1 aliphatic carbocycles. The van der Waals surface area contributed by atoms with Crippen LogP contribution in [0.5, 0.6) is 11.5 Å². The summed E-state index contributed by atoms with van der Waals surface area (Å²) in [4.78, 5) is 47.9. The average Bonchev–Trinajstić information content (AvgIpc) is 3.62. The van der Waals surface area contributed by atoms with Crippen molar-refractivity contribution in [3.63, 3.8) is 0 Å². The maximum Gasteiger partial charge on any atom is 0.246 e. The predicted molar refractivity (Wildman–Crippen MR) is 156 cm³/mol. The lowest BCUT2D eigenvalue weighted by Gasteiger charge is -2.36. The molecule has 6 rings (SSSR count). The number of thiophene rings is 1. The molecule has 9 heteroatoms. The lowest BCUT2D eigenvalue weighted by molar-refractivity contribution is -0.147. The van der Waals surface area contributed by atoms with E-state index in [0.29, 0.717) is 43.2 Å². The summed E-state index contributed by atoms with van der Waals surface area (Å²) in [5.74, 6) is -0.156. The van der Waals surface area contributed by atoms with Gasteiger partial charge >= 0.3 is 0 Å². The number of amides is 2. The van der Waals surface area contributed by atoms with E-state index in [2.05, 4.69) is 5.32 Å². The summed E-state index contributed by atoms with van der Waals surface area (Å²) in [5.41, 5.74) is 1.38. The van der Waals surface area contributed by atoms with E-state index in [0.717, 1.165) is 23.3 Å². The monoisotopic (exact) mass is 573 g/mol. The number of hydrogen-bond donors (Lipinski definition) is 1. The molecule has 1 aromatic heterocycles. The van der Waals surface area contributed by atoms with Crippen LogP contribution in [0.1, 0.15) is 45.6 Å². The third-order valence-corrected chi connectivity index (χ3v) is 9.48. The Balaban J connectivity index is 1.54. The Morgan fingerprint density at radius 2 is 1.49 bits per heavy atom. The van der Waals surface area contributed by atoms with Crippen molar-refractivity contribution in [1.82, 2.24) is 15.1 Å². The van der Waals surface area contributed by atoms with E-state index in [1.165, 1.54) is 11.3 Å². The lowest BCUT2D eigenvalue weighted by atomic mass is 9.77. The molecule has 1 saturated carbocycles. The molecule has 3 aromatic rings. The van der Waals surface area contributed by atoms with E-state index in [1.807, 2.05) is 46.7 Å². The van der Waals surface area contributed by atoms with Gasteiger partial charge in [-0.05, 0) is 66.2 Å². The molecule has 41 heavy (non-hydrogen) atoms. The van der Waals surface area contributed by atoms with E-state index >= 15 is 0 Å². The first-order chi connectivity index (χ1) is 20.0. The number of hydrogen-bond acceptors (Lipinski definition) is 7. The van der Waals surface area contributed by atoms with Crippen molar-refractivity contribution in [1.29, 1.82) is 0 Å². The Morgan fingerprint density at radius 1 is 0.854 bits per heavy atom. The van der Waals surface area contributed by atoms with Gasteiger partial charge in [0.05, 0.1) is 26.2 Å². The van der Waals surface area contributed by atoms with Crippen molar-refractivity contribution in [2.24, 2.45) is 11.8 Å². The topological polar surface area (TPSA) is 88.2 Å². The van der Waals surface area contributed by atoms with Crippen molar-refractivity contribution in [2.45, 2.75) is 30.8 Å². The van der Waals surface area contributed by atoms with E-state index in [4.69, 9.17) is 9.47 Å². The number of carbonyl (C=O) groups is 3. The summed E-state index contributed by atoms with van der Waals surface area (Å²) in [6.45, 7) is 2.53. The van der Waals surface area contributed by atoms with Gasteiger partial charge in [0.1, 0.15) is 17.5 Å². The minimum atomic E-state index is -0.797. The third-order valence-electron chi connectivity index (χ3n) is 8.54. The molecule has 8 nitrogen and oxygen atoms in total. The molecule has 4 unspecified atom stereocenters. The highest BCUT2D eigenvalue weighted by molar-refractivity contribution is 7.10. The van der Waals surface area contributed by atoms with Crippen LogP contribution in [-0.4, -0.2) is 73.8 Å². The smallest absolute Gasteiger partial charge is 0.246 e. The molecule has 3 aliphatic rings. The molecule has 4 atom stereocenters. The molecule has 214 valence electrons. The summed E-state index contributed by atoms with van der Waals surface area (Å²) in [6, 6.07) is 17.3. The van der Waals surface area contributed by atoms with Crippen LogP contribution < -0.4 is 14.8 Å². The molecular weight excluding hydrogens is 538 g/mol. The van der Waals surface area contributed by atoms with Crippen molar-refractivity contribution in [2.75, 3.05) is 40.4 Å². The number of Topliss-reactive ketones (excluding diaryl/α,β-unsaturated/α-hetero) is 1. The number of rotatable bonds is 8. The largest absolute Gasteiger partial charge is 0.497 e. The Kier molecular flexibility index (Phi) is 7.81. The van der Waals surface area contributed by atoms with Crippen LogP contribution in [0, 0.1) is 11.8 Å². The second-order valence-corrected chi connectivity index (χ2v) is 11.9. The fraction of sp³-hybridized carbons (Fsp3) is 0.406. The van der Waals surface area contributed by atoms with Gasteiger partial charge in [0, 0.05) is 48.5 Å². The molecule has 2 aliphatic heterocycles. The molecule has 3 fully saturated rings. The predicted octanol–water partition coefficient (Wildman–Crippen LogP) is 4.14. The zero-order valence-electron chi connectivity index (χ0n) is 23.3. The normalized spacial score (nSPS) is 24.2. The van der Waals surface area contributed by atoms with E-state index in [1.54, 1.807) is 43.4 Å². The fourth-order valence-corrected chi connectivity index (χ4v) is 7.19. The van der Waals surface area contributed by atoms with Crippen LogP contribution in [0.15, 0.2) is 66.0 Å². The number of piperazine rings is 1. The highest BCUT2D eigenvalue weighted by atomic mass is 32.1. The average molecular weight is 574 g/mol. The highest BCUT2D eigenvalue weighted by Gasteiger charge is 2.59. The quantitative estimate of drug-likeness (QED) is 0.408. The Bertz CT molecular complexity index is 1380. The highest BCUT2D eigenvalue weighted by Crippen LogP contribution is 2.54. The molecule has 2 aromatic carbocycles. The fourth-order valence-electron chi connectivity index (χ4n) is 6.32. The molecule has 0 radical (unpaired) electrons. The molecule has 2 saturated heterocycles. The number of carbonyl (C=O) groups excluding carboxylic acids is 3. The first-order valence-electron chi connectivity index (χ1n) is 14.2. The molecule has 0 bridgehead atoms. The number of nitrogens with one attached hydrogen (secondary N) is 1. The Labute approximate surface area is 244 Å². The molecule has 1 N–H and O–H groups in total. The van der Waals surface area contributed by atoms with Gasteiger partial charge in [-0.25, -0.2) is 0 Å². The maximum absolute atomic E-state index is 14.6. The number of ether oxygens (including phenoxy) is 2.